The Labute approximate surface area is 174 Å². The molecular weight excluding hydrogens is 390 g/mol. The minimum Gasteiger partial charge on any atom is -0.455 e. The van der Waals surface area contributed by atoms with Gasteiger partial charge in [-0.3, -0.25) is 14.4 Å². The molecular formula is C23H22ClNO4. The molecule has 0 heterocycles. The lowest BCUT2D eigenvalue weighted by Gasteiger charge is -2.28. The average molecular weight is 412 g/mol. The first-order valence-corrected chi connectivity index (χ1v) is 10.2. The third-order valence-corrected chi connectivity index (χ3v) is 6.37. The Morgan fingerprint density at radius 3 is 2.31 bits per heavy atom. The molecule has 2 aliphatic carbocycles. The number of anilines is 1. The van der Waals surface area contributed by atoms with Gasteiger partial charge in [0.25, 0.3) is 5.91 Å². The molecule has 0 unspecified atom stereocenters. The first-order chi connectivity index (χ1) is 14.0. The van der Waals surface area contributed by atoms with E-state index in [4.69, 9.17) is 16.3 Å². The maximum atomic E-state index is 13.1. The molecule has 0 radical (unpaired) electrons. The van der Waals surface area contributed by atoms with Gasteiger partial charge in [0.1, 0.15) is 0 Å². The fraction of sp³-hybridized carbons (Fsp3) is 0.348. The third kappa shape index (κ3) is 4.06. The number of amides is 1. The Morgan fingerprint density at radius 2 is 1.59 bits per heavy atom. The van der Waals surface area contributed by atoms with Crippen molar-refractivity contribution in [3.63, 3.8) is 0 Å². The molecule has 0 saturated heterocycles. The summed E-state index contributed by atoms with van der Waals surface area (Å²) in [5.41, 5.74) is 1.09. The number of carbonyl (C=O) groups is 3. The van der Waals surface area contributed by atoms with E-state index in [0.29, 0.717) is 16.3 Å². The summed E-state index contributed by atoms with van der Waals surface area (Å²) in [6.45, 7) is -0.399. The highest BCUT2D eigenvalue weighted by Gasteiger charge is 2.54. The SMILES string of the molecule is O=C(COC(=O)[C@H]1[C@H]2CC[C@@H](C2)[C@H]1C(=O)c1ccccc1)Nc1ccccc1Cl. The molecule has 1 amide bonds. The van der Waals surface area contributed by atoms with E-state index in [0.717, 1.165) is 19.3 Å². The number of carbonyl (C=O) groups excluding carboxylic acids is 3. The lowest BCUT2D eigenvalue weighted by molar-refractivity contribution is -0.154. The van der Waals surface area contributed by atoms with Crippen LogP contribution in [0.1, 0.15) is 29.6 Å². The van der Waals surface area contributed by atoms with Crippen LogP contribution in [0.25, 0.3) is 0 Å². The second-order valence-electron chi connectivity index (χ2n) is 7.75. The van der Waals surface area contributed by atoms with Crippen LogP contribution in [0.5, 0.6) is 0 Å². The van der Waals surface area contributed by atoms with Gasteiger partial charge in [-0.2, -0.15) is 0 Å². The Kier molecular flexibility index (Phi) is 5.67. The topological polar surface area (TPSA) is 72.5 Å². The summed E-state index contributed by atoms with van der Waals surface area (Å²) in [7, 11) is 0. The molecule has 2 aromatic carbocycles. The summed E-state index contributed by atoms with van der Waals surface area (Å²) >= 11 is 6.03. The molecule has 2 bridgehead atoms. The van der Waals surface area contributed by atoms with Gasteiger partial charge in [0.05, 0.1) is 16.6 Å². The molecule has 2 fully saturated rings. The highest BCUT2D eigenvalue weighted by atomic mass is 35.5. The van der Waals surface area contributed by atoms with Crippen LogP contribution in [0.4, 0.5) is 5.69 Å². The zero-order valence-electron chi connectivity index (χ0n) is 15.8. The van der Waals surface area contributed by atoms with Crippen molar-refractivity contribution in [3.05, 3.63) is 65.2 Å². The van der Waals surface area contributed by atoms with Crippen molar-refractivity contribution in [3.8, 4) is 0 Å². The minimum absolute atomic E-state index is 0.000249. The molecule has 5 nitrogen and oxygen atoms in total. The molecule has 2 aliphatic rings. The van der Waals surface area contributed by atoms with E-state index < -0.39 is 24.4 Å². The molecule has 6 heteroatoms. The summed E-state index contributed by atoms with van der Waals surface area (Å²) in [5.74, 6) is -1.40. The Morgan fingerprint density at radius 1 is 0.931 bits per heavy atom. The van der Waals surface area contributed by atoms with Crippen LogP contribution in [0.2, 0.25) is 5.02 Å². The number of Topliss-reactive ketones (excluding diaryl/α,β-unsaturated/α-hetero) is 1. The van der Waals surface area contributed by atoms with Crippen LogP contribution in [-0.2, 0) is 14.3 Å². The summed E-state index contributed by atoms with van der Waals surface area (Å²) in [5, 5.41) is 3.05. The van der Waals surface area contributed by atoms with E-state index in [1.165, 1.54) is 0 Å². The maximum Gasteiger partial charge on any atom is 0.310 e. The van der Waals surface area contributed by atoms with Crippen molar-refractivity contribution in [1.29, 1.82) is 0 Å². The summed E-state index contributed by atoms with van der Waals surface area (Å²) < 4.78 is 5.32. The fourth-order valence-corrected chi connectivity index (χ4v) is 4.97. The zero-order valence-corrected chi connectivity index (χ0v) is 16.6. The normalized spacial score (nSPS) is 24.9. The predicted molar refractivity (Wildman–Crippen MR) is 110 cm³/mol. The molecule has 1 N–H and O–H groups in total. The number of ether oxygens (including phenoxy) is 1. The van der Waals surface area contributed by atoms with E-state index in [1.807, 2.05) is 18.2 Å². The Bertz CT molecular complexity index is 929. The van der Waals surface area contributed by atoms with Crippen LogP contribution >= 0.6 is 11.6 Å². The van der Waals surface area contributed by atoms with Gasteiger partial charge < -0.3 is 10.1 Å². The van der Waals surface area contributed by atoms with Gasteiger partial charge in [-0.25, -0.2) is 0 Å². The Balaban J connectivity index is 1.41. The summed E-state index contributed by atoms with van der Waals surface area (Å²) in [6.07, 6.45) is 2.76. The number of hydrogen-bond donors (Lipinski definition) is 1. The molecule has 4 atom stereocenters. The zero-order chi connectivity index (χ0) is 20.4. The average Bonchev–Trinajstić information content (AvgIpc) is 3.35. The van der Waals surface area contributed by atoms with E-state index in [-0.39, 0.29) is 23.5 Å². The quantitative estimate of drug-likeness (QED) is 0.566. The third-order valence-electron chi connectivity index (χ3n) is 6.04. The second-order valence-corrected chi connectivity index (χ2v) is 8.16. The minimum atomic E-state index is -0.477. The van der Waals surface area contributed by atoms with Crippen molar-refractivity contribution < 1.29 is 19.1 Å². The number of para-hydroxylation sites is 1. The van der Waals surface area contributed by atoms with E-state index in [9.17, 15) is 14.4 Å². The molecule has 0 spiro atoms. The number of nitrogens with one attached hydrogen (secondary N) is 1. The summed E-state index contributed by atoms with van der Waals surface area (Å²) in [6, 6.07) is 15.9. The van der Waals surface area contributed by atoms with Gasteiger partial charge in [-0.1, -0.05) is 54.1 Å². The molecule has 29 heavy (non-hydrogen) atoms. The van der Waals surface area contributed by atoms with Gasteiger partial charge in [0.2, 0.25) is 0 Å². The fourth-order valence-electron chi connectivity index (χ4n) is 4.78. The van der Waals surface area contributed by atoms with Crippen LogP contribution in [0.15, 0.2) is 54.6 Å². The number of fused-ring (bicyclic) bond motifs is 2. The largest absolute Gasteiger partial charge is 0.455 e. The van der Waals surface area contributed by atoms with Crippen molar-refractivity contribution >= 4 is 34.9 Å². The van der Waals surface area contributed by atoms with Crippen LogP contribution in [-0.4, -0.2) is 24.3 Å². The number of rotatable bonds is 6. The first-order valence-electron chi connectivity index (χ1n) is 9.85. The molecule has 2 aromatic rings. The van der Waals surface area contributed by atoms with Gasteiger partial charge in [0.15, 0.2) is 12.4 Å². The van der Waals surface area contributed by atoms with Gasteiger partial charge in [0, 0.05) is 11.5 Å². The van der Waals surface area contributed by atoms with Gasteiger partial charge >= 0.3 is 5.97 Å². The number of esters is 1. The van der Waals surface area contributed by atoms with E-state index in [2.05, 4.69) is 5.32 Å². The molecule has 0 aromatic heterocycles. The van der Waals surface area contributed by atoms with Gasteiger partial charge in [-0.15, -0.1) is 0 Å². The lowest BCUT2D eigenvalue weighted by atomic mass is 9.75. The molecule has 0 aliphatic heterocycles. The van der Waals surface area contributed by atoms with Crippen molar-refractivity contribution in [2.45, 2.75) is 19.3 Å². The van der Waals surface area contributed by atoms with Crippen molar-refractivity contribution in [2.24, 2.45) is 23.7 Å². The first kappa shape index (κ1) is 19.6. The smallest absolute Gasteiger partial charge is 0.310 e. The van der Waals surface area contributed by atoms with Crippen molar-refractivity contribution in [1.82, 2.24) is 0 Å². The van der Waals surface area contributed by atoms with Crippen LogP contribution < -0.4 is 5.32 Å². The number of benzene rings is 2. The van der Waals surface area contributed by atoms with E-state index in [1.54, 1.807) is 36.4 Å². The number of halogens is 1. The monoisotopic (exact) mass is 411 g/mol. The second kappa shape index (κ2) is 8.37. The van der Waals surface area contributed by atoms with E-state index >= 15 is 0 Å². The highest BCUT2D eigenvalue weighted by molar-refractivity contribution is 6.33. The Hall–Kier alpha value is -2.66. The predicted octanol–water partition coefficient (Wildman–Crippen LogP) is 4.37. The molecule has 150 valence electrons. The molecule has 4 rings (SSSR count). The van der Waals surface area contributed by atoms with Crippen molar-refractivity contribution in [2.75, 3.05) is 11.9 Å². The highest BCUT2D eigenvalue weighted by Crippen LogP contribution is 2.53. The molecule has 2 saturated carbocycles. The number of hydrogen-bond acceptors (Lipinski definition) is 4. The standard InChI is InChI=1S/C23H22ClNO4/c24-17-8-4-5-9-18(17)25-19(26)13-29-23(28)21-16-11-10-15(12-16)20(21)22(27)14-6-2-1-3-7-14/h1-9,15-16,20-21H,10-13H2,(H,25,26)/t15-,16-,20+,21-/m0/s1. The maximum absolute atomic E-state index is 13.1. The van der Waals surface area contributed by atoms with Crippen LogP contribution in [0, 0.1) is 23.7 Å². The van der Waals surface area contributed by atoms with Gasteiger partial charge in [-0.05, 0) is 43.2 Å². The lowest BCUT2D eigenvalue weighted by Crippen LogP contribution is -2.37. The van der Waals surface area contributed by atoms with Crippen LogP contribution in [0.3, 0.4) is 0 Å². The summed E-state index contributed by atoms with van der Waals surface area (Å²) in [4.78, 5) is 38.1. The number of ketones is 1.